The van der Waals surface area contributed by atoms with Crippen LogP contribution in [0.25, 0.3) is 22.5 Å². The summed E-state index contributed by atoms with van der Waals surface area (Å²) in [4.78, 5) is 49.4. The van der Waals surface area contributed by atoms with Crippen LogP contribution >= 0.6 is 0 Å². The van der Waals surface area contributed by atoms with Crippen LogP contribution in [0.2, 0.25) is 0 Å². The van der Waals surface area contributed by atoms with Crippen LogP contribution in [0.4, 0.5) is 0 Å². The number of nitrogens with zero attached hydrogens (tertiary/aromatic N) is 3. The number of unbranched alkanes of at least 4 members (excludes halogenated alkanes) is 4. The van der Waals surface area contributed by atoms with Gasteiger partial charge in [-0.2, -0.15) is 0 Å². The standard InChI is InChI=1S/C42H50N4O5/c1-5-6-7-8-9-24-51-36-20-16-30(17-21-36)34-26-43-38(44-27-34)31-12-10-29(11-13-31)25-37(40(48)46-23-22-33(28-46)41(49)50)45-39(47)32-14-18-35(19-15-32)42(2,3)4/h10-21,26-27,33,37H,5-9,22-25,28H2,1-4H3,(H,45,47)(H,49,50)/t33-,37-/m0/s1. The highest BCUT2D eigenvalue weighted by Gasteiger charge is 2.35. The van der Waals surface area contributed by atoms with Gasteiger partial charge in [0.05, 0.1) is 12.5 Å². The van der Waals surface area contributed by atoms with Crippen molar-refractivity contribution in [2.75, 3.05) is 19.7 Å². The molecule has 1 aromatic heterocycles. The minimum absolute atomic E-state index is 0.0576. The lowest BCUT2D eigenvalue weighted by atomic mass is 9.86. The zero-order valence-electron chi connectivity index (χ0n) is 30.2. The van der Waals surface area contributed by atoms with E-state index in [1.807, 2.05) is 60.7 Å². The zero-order chi connectivity index (χ0) is 36.4. The molecule has 0 aliphatic carbocycles. The molecule has 1 fully saturated rings. The number of benzene rings is 3. The fraction of sp³-hybridized carbons (Fsp3) is 0.405. The molecule has 1 saturated heterocycles. The van der Waals surface area contributed by atoms with Crippen molar-refractivity contribution in [2.45, 2.75) is 84.1 Å². The maximum absolute atomic E-state index is 13.7. The minimum Gasteiger partial charge on any atom is -0.494 e. The second-order valence-corrected chi connectivity index (χ2v) is 14.4. The average Bonchev–Trinajstić information content (AvgIpc) is 3.64. The molecule has 1 aliphatic rings. The summed E-state index contributed by atoms with van der Waals surface area (Å²) in [5.41, 5.74) is 5.07. The molecule has 2 heterocycles. The Kier molecular flexibility index (Phi) is 12.6. The second kappa shape index (κ2) is 17.2. The molecule has 9 heteroatoms. The lowest BCUT2D eigenvalue weighted by molar-refractivity contribution is -0.141. The number of amides is 2. The molecule has 2 atom stereocenters. The smallest absolute Gasteiger partial charge is 0.308 e. The van der Waals surface area contributed by atoms with Gasteiger partial charge in [0, 0.05) is 48.6 Å². The first-order valence-corrected chi connectivity index (χ1v) is 18.1. The summed E-state index contributed by atoms with van der Waals surface area (Å²) < 4.78 is 5.90. The molecule has 3 aromatic carbocycles. The first kappa shape index (κ1) is 37.2. The highest BCUT2D eigenvalue weighted by molar-refractivity contribution is 5.97. The van der Waals surface area contributed by atoms with Crippen LogP contribution in [-0.2, 0) is 21.4 Å². The Labute approximate surface area is 301 Å². The zero-order valence-corrected chi connectivity index (χ0v) is 30.2. The summed E-state index contributed by atoms with van der Waals surface area (Å²) >= 11 is 0. The summed E-state index contributed by atoms with van der Waals surface area (Å²) in [5.74, 6) is -0.734. The van der Waals surface area contributed by atoms with Crippen molar-refractivity contribution >= 4 is 17.8 Å². The summed E-state index contributed by atoms with van der Waals surface area (Å²) in [5, 5.41) is 12.4. The van der Waals surface area contributed by atoms with Gasteiger partial charge in [-0.25, -0.2) is 9.97 Å². The van der Waals surface area contributed by atoms with Crippen LogP contribution in [0.15, 0.2) is 85.2 Å². The lowest BCUT2D eigenvalue weighted by Crippen LogP contribution is -2.49. The SMILES string of the molecule is CCCCCCCOc1ccc(-c2cnc(-c3ccc(C[C@H](NC(=O)c4ccc(C(C)(C)C)cc4)C(=O)N4CC[C@H](C(=O)O)C4)cc3)nc2)cc1. The first-order valence-electron chi connectivity index (χ1n) is 18.1. The molecule has 268 valence electrons. The van der Waals surface area contributed by atoms with Crippen LogP contribution in [0, 0.1) is 5.92 Å². The highest BCUT2D eigenvalue weighted by Crippen LogP contribution is 2.25. The normalized spacial score (nSPS) is 15.0. The van der Waals surface area contributed by atoms with E-state index in [1.54, 1.807) is 29.4 Å². The quantitative estimate of drug-likeness (QED) is 0.123. The number of aromatic nitrogens is 2. The van der Waals surface area contributed by atoms with Gasteiger partial charge >= 0.3 is 5.97 Å². The van der Waals surface area contributed by atoms with E-state index < -0.39 is 17.9 Å². The number of likely N-dealkylation sites (tertiary alicyclic amines) is 1. The highest BCUT2D eigenvalue weighted by atomic mass is 16.5. The van der Waals surface area contributed by atoms with Crippen LogP contribution in [0.3, 0.4) is 0 Å². The van der Waals surface area contributed by atoms with E-state index in [2.05, 4.69) is 43.0 Å². The molecule has 0 saturated carbocycles. The monoisotopic (exact) mass is 690 g/mol. The van der Waals surface area contributed by atoms with Crippen LogP contribution in [0.5, 0.6) is 5.75 Å². The predicted molar refractivity (Wildman–Crippen MR) is 200 cm³/mol. The van der Waals surface area contributed by atoms with Gasteiger partial charge in [-0.05, 0) is 59.2 Å². The number of carboxylic acid groups (broad SMARTS) is 1. The fourth-order valence-electron chi connectivity index (χ4n) is 6.24. The molecule has 51 heavy (non-hydrogen) atoms. The number of hydrogen-bond donors (Lipinski definition) is 2. The largest absolute Gasteiger partial charge is 0.494 e. The summed E-state index contributed by atoms with van der Waals surface area (Å²) in [6, 6.07) is 22.2. The number of rotatable bonds is 15. The Morgan fingerprint density at radius 3 is 2.12 bits per heavy atom. The molecular formula is C42H50N4O5. The molecule has 5 rings (SSSR count). The van der Waals surface area contributed by atoms with Gasteiger partial charge in [0.15, 0.2) is 5.82 Å². The molecule has 2 N–H and O–H groups in total. The van der Waals surface area contributed by atoms with Gasteiger partial charge in [-0.1, -0.05) is 102 Å². The third kappa shape index (κ3) is 10.2. The third-order valence-electron chi connectivity index (χ3n) is 9.47. The van der Waals surface area contributed by atoms with Crippen molar-refractivity contribution in [3.63, 3.8) is 0 Å². The maximum Gasteiger partial charge on any atom is 0.308 e. The van der Waals surface area contributed by atoms with Crippen LogP contribution in [-0.4, -0.2) is 63.5 Å². The van der Waals surface area contributed by atoms with E-state index in [0.717, 1.165) is 46.6 Å². The van der Waals surface area contributed by atoms with Gasteiger partial charge in [0.1, 0.15) is 11.8 Å². The Balaban J connectivity index is 1.23. The number of carbonyl (C=O) groups is 3. The van der Waals surface area contributed by atoms with Gasteiger partial charge < -0.3 is 20.1 Å². The number of carboxylic acids is 1. The summed E-state index contributed by atoms with van der Waals surface area (Å²) in [6.45, 7) is 9.73. The predicted octanol–water partition coefficient (Wildman–Crippen LogP) is 7.73. The fourth-order valence-corrected chi connectivity index (χ4v) is 6.24. The number of nitrogens with one attached hydrogen (secondary N) is 1. The lowest BCUT2D eigenvalue weighted by Gasteiger charge is -2.25. The van der Waals surface area contributed by atoms with E-state index in [4.69, 9.17) is 4.74 Å². The molecule has 4 aromatic rings. The molecule has 0 unspecified atom stereocenters. The van der Waals surface area contributed by atoms with Gasteiger partial charge in [0.25, 0.3) is 5.91 Å². The number of ether oxygens (including phenoxy) is 1. The van der Waals surface area contributed by atoms with E-state index in [9.17, 15) is 19.5 Å². The first-order chi connectivity index (χ1) is 24.5. The molecule has 0 bridgehead atoms. The van der Waals surface area contributed by atoms with Crippen molar-refractivity contribution in [1.82, 2.24) is 20.2 Å². The number of carbonyl (C=O) groups excluding carboxylic acids is 2. The molecule has 9 nitrogen and oxygen atoms in total. The Hall–Kier alpha value is -5.05. The number of aliphatic carboxylic acids is 1. The topological polar surface area (TPSA) is 122 Å². The van der Waals surface area contributed by atoms with Crippen molar-refractivity contribution in [3.8, 4) is 28.3 Å². The van der Waals surface area contributed by atoms with Crippen LogP contribution in [0.1, 0.15) is 87.7 Å². The van der Waals surface area contributed by atoms with Crippen molar-refractivity contribution < 1.29 is 24.2 Å². The Bertz CT molecular complexity index is 1750. The average molecular weight is 691 g/mol. The van der Waals surface area contributed by atoms with Crippen molar-refractivity contribution in [2.24, 2.45) is 5.92 Å². The third-order valence-corrected chi connectivity index (χ3v) is 9.47. The molecule has 2 amide bonds. The van der Waals surface area contributed by atoms with Crippen molar-refractivity contribution in [1.29, 1.82) is 0 Å². The van der Waals surface area contributed by atoms with E-state index in [0.29, 0.717) is 24.4 Å². The number of hydrogen-bond acceptors (Lipinski definition) is 6. The van der Waals surface area contributed by atoms with Crippen molar-refractivity contribution in [3.05, 3.63) is 102 Å². The van der Waals surface area contributed by atoms with E-state index in [1.165, 1.54) is 25.7 Å². The summed E-state index contributed by atoms with van der Waals surface area (Å²) in [7, 11) is 0. The van der Waals surface area contributed by atoms with Gasteiger partial charge in [0.2, 0.25) is 5.91 Å². The van der Waals surface area contributed by atoms with E-state index in [-0.39, 0.29) is 30.2 Å². The van der Waals surface area contributed by atoms with Gasteiger partial charge in [-0.3, -0.25) is 14.4 Å². The molecule has 1 aliphatic heterocycles. The minimum atomic E-state index is -0.915. The maximum atomic E-state index is 13.7. The van der Waals surface area contributed by atoms with E-state index >= 15 is 0 Å². The molecule has 0 radical (unpaired) electrons. The molecule has 0 spiro atoms. The molecular weight excluding hydrogens is 640 g/mol. The second-order valence-electron chi connectivity index (χ2n) is 14.4. The van der Waals surface area contributed by atoms with Gasteiger partial charge in [-0.15, -0.1) is 0 Å². The van der Waals surface area contributed by atoms with Crippen LogP contribution < -0.4 is 10.1 Å². The Morgan fingerprint density at radius 2 is 1.51 bits per heavy atom. The summed E-state index contributed by atoms with van der Waals surface area (Å²) in [6.07, 6.45) is 10.3. The Morgan fingerprint density at radius 1 is 0.863 bits per heavy atom.